The van der Waals surface area contributed by atoms with E-state index in [4.69, 9.17) is 21.1 Å². The molecule has 0 unspecified atom stereocenters. The highest BCUT2D eigenvalue weighted by Gasteiger charge is 2.12. The molecule has 0 aliphatic rings. The van der Waals surface area contributed by atoms with Gasteiger partial charge in [0, 0.05) is 12.6 Å². The first-order valence-electron chi connectivity index (χ1n) is 6.85. The smallest absolute Gasteiger partial charge is 0.319 e. The van der Waals surface area contributed by atoms with Gasteiger partial charge in [-0.3, -0.25) is 0 Å². The number of hydrogen-bond acceptors (Lipinski definition) is 3. The Hall–Kier alpha value is -1.99. The van der Waals surface area contributed by atoms with E-state index in [1.807, 2.05) is 0 Å². The number of carbonyl (C=O) groups is 1. The monoisotopic (exact) mass is 416 g/mol. The van der Waals surface area contributed by atoms with Crippen LogP contribution >= 0.6 is 27.5 Å². The van der Waals surface area contributed by atoms with Gasteiger partial charge in [0.05, 0.1) is 29.4 Å². The standard InChI is InChI=1S/C16H15BrClFN2O3/c1-23-14-7-15(24-2)13(6-11(14)18)21-16(22)20-8-9-3-4-12(19)10(17)5-9/h3-7H,8H2,1-2H3,(H2,20,21,22). The van der Waals surface area contributed by atoms with Crippen molar-refractivity contribution in [3.8, 4) is 11.5 Å². The minimum absolute atomic E-state index is 0.233. The van der Waals surface area contributed by atoms with E-state index < -0.39 is 6.03 Å². The fourth-order valence-corrected chi connectivity index (χ4v) is 2.62. The fourth-order valence-electron chi connectivity index (χ4n) is 1.96. The van der Waals surface area contributed by atoms with Crippen molar-refractivity contribution in [2.45, 2.75) is 6.54 Å². The summed E-state index contributed by atoms with van der Waals surface area (Å²) < 4.78 is 23.8. The second-order valence-electron chi connectivity index (χ2n) is 4.74. The molecule has 2 amide bonds. The van der Waals surface area contributed by atoms with E-state index in [0.29, 0.717) is 26.7 Å². The van der Waals surface area contributed by atoms with Gasteiger partial charge in [-0.25, -0.2) is 9.18 Å². The van der Waals surface area contributed by atoms with Gasteiger partial charge in [0.1, 0.15) is 17.3 Å². The van der Waals surface area contributed by atoms with Crippen LogP contribution in [0.1, 0.15) is 5.56 Å². The van der Waals surface area contributed by atoms with Gasteiger partial charge in [-0.15, -0.1) is 0 Å². The van der Waals surface area contributed by atoms with Gasteiger partial charge >= 0.3 is 6.03 Å². The van der Waals surface area contributed by atoms with Crippen LogP contribution in [0.4, 0.5) is 14.9 Å². The third-order valence-corrected chi connectivity index (χ3v) is 4.06. The predicted octanol–water partition coefficient (Wildman–Crippen LogP) is 4.58. The van der Waals surface area contributed by atoms with Crippen molar-refractivity contribution in [2.24, 2.45) is 0 Å². The lowest BCUT2D eigenvalue weighted by Crippen LogP contribution is -2.28. The maximum atomic E-state index is 13.2. The summed E-state index contributed by atoms with van der Waals surface area (Å²) in [5, 5.41) is 5.66. The second kappa shape index (κ2) is 8.21. The average Bonchev–Trinajstić information content (AvgIpc) is 2.56. The Labute approximate surface area is 152 Å². The summed E-state index contributed by atoms with van der Waals surface area (Å²) in [6.07, 6.45) is 0. The van der Waals surface area contributed by atoms with Gasteiger partial charge in [-0.2, -0.15) is 0 Å². The highest BCUT2D eigenvalue weighted by Crippen LogP contribution is 2.35. The fraction of sp³-hybridized carbons (Fsp3) is 0.188. The number of rotatable bonds is 5. The molecular formula is C16H15BrClFN2O3. The number of carbonyl (C=O) groups excluding carboxylic acids is 1. The van der Waals surface area contributed by atoms with Crippen molar-refractivity contribution in [1.29, 1.82) is 0 Å². The average molecular weight is 418 g/mol. The number of urea groups is 1. The van der Waals surface area contributed by atoms with Crippen molar-refractivity contribution in [2.75, 3.05) is 19.5 Å². The molecule has 0 atom stereocenters. The topological polar surface area (TPSA) is 59.6 Å². The highest BCUT2D eigenvalue weighted by atomic mass is 79.9. The molecule has 0 radical (unpaired) electrons. The van der Waals surface area contributed by atoms with Crippen LogP contribution in [0.5, 0.6) is 11.5 Å². The molecule has 0 saturated carbocycles. The molecule has 0 spiro atoms. The maximum absolute atomic E-state index is 13.2. The third-order valence-electron chi connectivity index (χ3n) is 3.16. The zero-order valence-electron chi connectivity index (χ0n) is 13.0. The van der Waals surface area contributed by atoms with E-state index in [-0.39, 0.29) is 12.4 Å². The van der Waals surface area contributed by atoms with Crippen molar-refractivity contribution in [1.82, 2.24) is 5.32 Å². The van der Waals surface area contributed by atoms with E-state index in [2.05, 4.69) is 26.6 Å². The van der Waals surface area contributed by atoms with Crippen LogP contribution in [0.15, 0.2) is 34.8 Å². The van der Waals surface area contributed by atoms with Crippen LogP contribution in [0.3, 0.4) is 0 Å². The molecule has 0 heterocycles. The Bertz CT molecular complexity index is 758. The lowest BCUT2D eigenvalue weighted by Gasteiger charge is -2.13. The lowest BCUT2D eigenvalue weighted by atomic mass is 10.2. The number of anilines is 1. The first-order valence-corrected chi connectivity index (χ1v) is 8.02. The van der Waals surface area contributed by atoms with Crippen LogP contribution in [0, 0.1) is 5.82 Å². The molecule has 0 aliphatic carbocycles. The van der Waals surface area contributed by atoms with E-state index in [0.717, 1.165) is 5.56 Å². The predicted molar refractivity (Wildman–Crippen MR) is 94.5 cm³/mol. The van der Waals surface area contributed by atoms with Gasteiger partial charge in [0.2, 0.25) is 0 Å². The Morgan fingerprint density at radius 2 is 1.92 bits per heavy atom. The Morgan fingerprint density at radius 1 is 1.21 bits per heavy atom. The molecule has 24 heavy (non-hydrogen) atoms. The number of amides is 2. The van der Waals surface area contributed by atoms with Gasteiger partial charge in [0.25, 0.3) is 0 Å². The van der Waals surface area contributed by atoms with Crippen molar-refractivity contribution >= 4 is 39.2 Å². The molecule has 2 N–H and O–H groups in total. The highest BCUT2D eigenvalue weighted by molar-refractivity contribution is 9.10. The van der Waals surface area contributed by atoms with Gasteiger partial charge in [-0.1, -0.05) is 17.7 Å². The Morgan fingerprint density at radius 3 is 2.54 bits per heavy atom. The Balaban J connectivity index is 2.04. The molecule has 0 aromatic heterocycles. The first-order chi connectivity index (χ1) is 11.4. The zero-order valence-corrected chi connectivity index (χ0v) is 15.3. The largest absolute Gasteiger partial charge is 0.495 e. The molecule has 2 rings (SSSR count). The lowest BCUT2D eigenvalue weighted by molar-refractivity contribution is 0.251. The number of methoxy groups -OCH3 is 2. The van der Waals surface area contributed by atoms with Crippen molar-refractivity contribution in [3.63, 3.8) is 0 Å². The van der Waals surface area contributed by atoms with E-state index >= 15 is 0 Å². The number of halogens is 3. The molecule has 2 aromatic rings. The van der Waals surface area contributed by atoms with Gasteiger partial charge in [0.15, 0.2) is 0 Å². The third kappa shape index (κ3) is 4.52. The molecule has 128 valence electrons. The Kier molecular flexibility index (Phi) is 6.28. The first kappa shape index (κ1) is 18.4. The van der Waals surface area contributed by atoms with Crippen LogP contribution in [0.25, 0.3) is 0 Å². The van der Waals surface area contributed by atoms with Crippen molar-refractivity contribution in [3.05, 3.63) is 51.2 Å². The number of benzene rings is 2. The molecule has 0 saturated heterocycles. The maximum Gasteiger partial charge on any atom is 0.319 e. The van der Waals surface area contributed by atoms with E-state index in [1.165, 1.54) is 26.4 Å². The number of nitrogens with one attached hydrogen (secondary N) is 2. The minimum Gasteiger partial charge on any atom is -0.495 e. The van der Waals surface area contributed by atoms with Gasteiger partial charge in [-0.05, 0) is 39.7 Å². The molecule has 0 bridgehead atoms. The molecular weight excluding hydrogens is 403 g/mol. The summed E-state index contributed by atoms with van der Waals surface area (Å²) in [5.41, 5.74) is 1.15. The van der Waals surface area contributed by atoms with Crippen molar-refractivity contribution < 1.29 is 18.7 Å². The van der Waals surface area contributed by atoms with E-state index in [9.17, 15) is 9.18 Å². The van der Waals surface area contributed by atoms with Crippen LogP contribution in [-0.4, -0.2) is 20.3 Å². The molecule has 0 aliphatic heterocycles. The molecule has 5 nitrogen and oxygen atoms in total. The summed E-state index contributed by atoms with van der Waals surface area (Å²) in [6, 6.07) is 7.18. The van der Waals surface area contributed by atoms with Crippen LogP contribution in [0.2, 0.25) is 5.02 Å². The second-order valence-corrected chi connectivity index (χ2v) is 6.00. The quantitative estimate of drug-likeness (QED) is 0.748. The van der Waals surface area contributed by atoms with E-state index in [1.54, 1.807) is 18.2 Å². The summed E-state index contributed by atoms with van der Waals surface area (Å²) >= 11 is 9.16. The minimum atomic E-state index is -0.449. The number of ether oxygens (including phenoxy) is 2. The summed E-state index contributed by atoms with van der Waals surface area (Å²) in [6.45, 7) is 0.233. The molecule has 2 aromatic carbocycles. The summed E-state index contributed by atoms with van der Waals surface area (Å²) in [5.74, 6) is 0.493. The summed E-state index contributed by atoms with van der Waals surface area (Å²) in [7, 11) is 2.96. The number of hydrogen-bond donors (Lipinski definition) is 2. The normalized spacial score (nSPS) is 10.2. The van der Waals surface area contributed by atoms with Crippen LogP contribution < -0.4 is 20.1 Å². The molecule has 0 fully saturated rings. The van der Waals surface area contributed by atoms with Crippen LogP contribution in [-0.2, 0) is 6.54 Å². The molecule has 8 heteroatoms. The summed E-state index contributed by atoms with van der Waals surface area (Å²) in [4.78, 5) is 12.0. The SMILES string of the molecule is COc1cc(OC)c(NC(=O)NCc2ccc(F)c(Br)c2)cc1Cl. The zero-order chi connectivity index (χ0) is 17.7. The van der Waals surface area contributed by atoms with Gasteiger partial charge < -0.3 is 20.1 Å².